The molecule has 0 bridgehead atoms. The maximum Gasteiger partial charge on any atom is 0.326 e. The molecule has 1 rings (SSSR count). The number of urea groups is 1. The van der Waals surface area contributed by atoms with E-state index >= 15 is 0 Å². The number of carbonyl (C=O) groups is 3. The van der Waals surface area contributed by atoms with Crippen molar-refractivity contribution in [1.82, 2.24) is 10.6 Å². The number of carbonyl (C=O) groups excluding carboxylic acids is 1. The first kappa shape index (κ1) is 20.7. The average molecular weight is 365 g/mol. The van der Waals surface area contributed by atoms with Gasteiger partial charge in [0, 0.05) is 13.0 Å². The molecule has 2 amide bonds. The normalized spacial score (nSPS) is 12.5. The Hall–Kier alpha value is -3.30. The van der Waals surface area contributed by atoms with Crippen LogP contribution in [0.2, 0.25) is 0 Å². The number of carboxylic acid groups (broad SMARTS) is 2. The Morgan fingerprint density at radius 1 is 1.00 bits per heavy atom. The molecule has 0 spiro atoms. The fourth-order valence-corrected chi connectivity index (χ4v) is 2.17. The van der Waals surface area contributed by atoms with E-state index in [0.717, 1.165) is 5.56 Å². The first-order valence-corrected chi connectivity index (χ1v) is 7.91. The Kier molecular flexibility index (Phi) is 8.41. The van der Waals surface area contributed by atoms with Gasteiger partial charge in [-0.3, -0.25) is 4.99 Å². The van der Waals surface area contributed by atoms with Gasteiger partial charge in [0.05, 0.1) is 0 Å². The van der Waals surface area contributed by atoms with Crippen LogP contribution >= 0.6 is 0 Å². The van der Waals surface area contributed by atoms with Gasteiger partial charge in [0.1, 0.15) is 12.1 Å². The highest BCUT2D eigenvalue weighted by Crippen LogP contribution is 2.04. The van der Waals surface area contributed by atoms with E-state index in [1.54, 1.807) is 30.3 Å². The summed E-state index contributed by atoms with van der Waals surface area (Å²) in [5.41, 5.74) is 11.1. The van der Waals surface area contributed by atoms with Gasteiger partial charge < -0.3 is 32.3 Å². The largest absolute Gasteiger partial charge is 0.480 e. The zero-order chi connectivity index (χ0) is 19.5. The van der Waals surface area contributed by atoms with Crippen LogP contribution in [0.5, 0.6) is 0 Å². The van der Waals surface area contributed by atoms with E-state index in [1.165, 1.54) is 0 Å². The molecule has 2 unspecified atom stereocenters. The molecule has 8 N–H and O–H groups in total. The van der Waals surface area contributed by atoms with Gasteiger partial charge in [0.15, 0.2) is 5.96 Å². The number of nitrogens with two attached hydrogens (primary N) is 2. The lowest BCUT2D eigenvalue weighted by atomic mass is 10.1. The van der Waals surface area contributed by atoms with E-state index < -0.39 is 30.1 Å². The summed E-state index contributed by atoms with van der Waals surface area (Å²) in [5.74, 6) is -2.56. The van der Waals surface area contributed by atoms with Crippen LogP contribution in [0.3, 0.4) is 0 Å². The number of aliphatic carboxylic acids is 2. The molecule has 142 valence electrons. The number of benzene rings is 1. The zero-order valence-electron chi connectivity index (χ0n) is 14.1. The SMILES string of the molecule is NC(N)=NCCCC(NC(=O)NC(Cc1ccccc1)C(=O)O)C(=O)O. The average Bonchev–Trinajstić information content (AvgIpc) is 2.57. The molecular weight excluding hydrogens is 342 g/mol. The summed E-state index contributed by atoms with van der Waals surface area (Å²) >= 11 is 0. The van der Waals surface area contributed by atoms with Crippen molar-refractivity contribution in [2.45, 2.75) is 31.3 Å². The molecule has 0 aliphatic rings. The molecule has 0 heterocycles. The third kappa shape index (κ3) is 7.99. The van der Waals surface area contributed by atoms with Crippen molar-refractivity contribution in [2.24, 2.45) is 16.5 Å². The highest BCUT2D eigenvalue weighted by atomic mass is 16.4. The van der Waals surface area contributed by atoms with Crippen molar-refractivity contribution in [1.29, 1.82) is 0 Å². The van der Waals surface area contributed by atoms with Gasteiger partial charge in [-0.25, -0.2) is 14.4 Å². The highest BCUT2D eigenvalue weighted by Gasteiger charge is 2.24. The van der Waals surface area contributed by atoms with Gasteiger partial charge >= 0.3 is 18.0 Å². The van der Waals surface area contributed by atoms with Crippen LogP contribution in [0.4, 0.5) is 4.79 Å². The summed E-state index contributed by atoms with van der Waals surface area (Å²) in [7, 11) is 0. The Bertz CT molecular complexity index is 646. The predicted octanol–water partition coefficient (Wildman–Crippen LogP) is -0.512. The predicted molar refractivity (Wildman–Crippen MR) is 94.6 cm³/mol. The van der Waals surface area contributed by atoms with Crippen LogP contribution < -0.4 is 22.1 Å². The van der Waals surface area contributed by atoms with Crippen LogP contribution in [-0.4, -0.2) is 52.8 Å². The first-order valence-electron chi connectivity index (χ1n) is 7.91. The molecule has 1 aromatic carbocycles. The molecule has 10 nitrogen and oxygen atoms in total. The molecule has 0 saturated heterocycles. The van der Waals surface area contributed by atoms with Crippen LogP contribution in [-0.2, 0) is 16.0 Å². The second-order valence-corrected chi connectivity index (χ2v) is 5.54. The number of guanidine groups is 1. The van der Waals surface area contributed by atoms with Crippen molar-refractivity contribution in [3.8, 4) is 0 Å². The molecule has 0 aliphatic carbocycles. The maximum atomic E-state index is 12.0. The van der Waals surface area contributed by atoms with Crippen LogP contribution in [0.15, 0.2) is 35.3 Å². The van der Waals surface area contributed by atoms with Gasteiger partial charge in [-0.15, -0.1) is 0 Å². The lowest BCUT2D eigenvalue weighted by Gasteiger charge is -2.18. The number of aliphatic imine (C=N–C) groups is 1. The van der Waals surface area contributed by atoms with Crippen LogP contribution in [0, 0.1) is 0 Å². The number of amides is 2. The monoisotopic (exact) mass is 365 g/mol. The summed E-state index contributed by atoms with van der Waals surface area (Å²) in [6.07, 6.45) is 0.503. The molecule has 0 aromatic heterocycles. The van der Waals surface area contributed by atoms with Crippen molar-refractivity contribution < 1.29 is 24.6 Å². The molecule has 26 heavy (non-hydrogen) atoms. The van der Waals surface area contributed by atoms with Gasteiger partial charge in [-0.2, -0.15) is 0 Å². The van der Waals surface area contributed by atoms with Gasteiger partial charge in [0.2, 0.25) is 0 Å². The third-order valence-corrected chi connectivity index (χ3v) is 3.43. The second kappa shape index (κ2) is 10.5. The first-order chi connectivity index (χ1) is 12.3. The van der Waals surface area contributed by atoms with E-state index in [9.17, 15) is 19.5 Å². The Balaban J connectivity index is 2.59. The fourth-order valence-electron chi connectivity index (χ4n) is 2.17. The molecule has 2 atom stereocenters. The van der Waals surface area contributed by atoms with Crippen molar-refractivity contribution in [2.75, 3.05) is 6.54 Å². The molecule has 0 radical (unpaired) electrons. The van der Waals surface area contributed by atoms with E-state index in [0.29, 0.717) is 6.42 Å². The van der Waals surface area contributed by atoms with E-state index in [4.69, 9.17) is 16.6 Å². The number of rotatable bonds is 10. The Labute approximate surface area is 150 Å². The minimum Gasteiger partial charge on any atom is -0.480 e. The number of nitrogens with one attached hydrogen (secondary N) is 2. The number of hydrogen-bond acceptors (Lipinski definition) is 4. The summed E-state index contributed by atoms with van der Waals surface area (Å²) in [5, 5.41) is 23.0. The summed E-state index contributed by atoms with van der Waals surface area (Å²) in [6, 6.07) is 5.53. The number of hydrogen-bond donors (Lipinski definition) is 6. The highest BCUT2D eigenvalue weighted by molar-refractivity contribution is 5.86. The number of nitrogens with zero attached hydrogens (tertiary/aromatic N) is 1. The maximum absolute atomic E-state index is 12.0. The van der Waals surface area contributed by atoms with Gasteiger partial charge in [-0.1, -0.05) is 30.3 Å². The lowest BCUT2D eigenvalue weighted by Crippen LogP contribution is -2.51. The molecule has 1 aromatic rings. The van der Waals surface area contributed by atoms with Crippen LogP contribution in [0.25, 0.3) is 0 Å². The van der Waals surface area contributed by atoms with Crippen molar-refractivity contribution in [3.05, 3.63) is 35.9 Å². The standard InChI is InChI=1S/C16H23N5O5/c17-15(18)19-8-4-7-11(13(22)23)20-16(26)21-12(14(24)25)9-10-5-2-1-3-6-10/h1-3,5-6,11-12H,4,7-9H2,(H,22,23)(H,24,25)(H4,17,18,19)(H2,20,21,26). The fraction of sp³-hybridized carbons (Fsp3) is 0.375. The number of carboxylic acids is 2. The van der Waals surface area contributed by atoms with Crippen LogP contribution in [0.1, 0.15) is 18.4 Å². The van der Waals surface area contributed by atoms with Gasteiger partial charge in [0.25, 0.3) is 0 Å². The minimum absolute atomic E-state index is 0.0752. The second-order valence-electron chi connectivity index (χ2n) is 5.54. The van der Waals surface area contributed by atoms with Crippen molar-refractivity contribution >= 4 is 23.9 Å². The molecule has 10 heteroatoms. The quantitative estimate of drug-likeness (QED) is 0.183. The molecule has 0 aliphatic heterocycles. The Morgan fingerprint density at radius 3 is 2.12 bits per heavy atom. The molecule has 0 fully saturated rings. The zero-order valence-corrected chi connectivity index (χ0v) is 14.1. The smallest absolute Gasteiger partial charge is 0.326 e. The summed E-state index contributed by atoms with van der Waals surface area (Å²) < 4.78 is 0. The minimum atomic E-state index is -1.24. The van der Waals surface area contributed by atoms with Gasteiger partial charge in [-0.05, 0) is 18.4 Å². The topological polar surface area (TPSA) is 180 Å². The molecular formula is C16H23N5O5. The third-order valence-electron chi connectivity index (χ3n) is 3.43. The van der Waals surface area contributed by atoms with E-state index in [-0.39, 0.29) is 25.3 Å². The van der Waals surface area contributed by atoms with Crippen molar-refractivity contribution in [3.63, 3.8) is 0 Å². The Morgan fingerprint density at radius 2 is 1.58 bits per heavy atom. The summed E-state index contributed by atoms with van der Waals surface area (Å²) in [6.45, 7) is 0.223. The summed E-state index contributed by atoms with van der Waals surface area (Å²) in [4.78, 5) is 38.3. The van der Waals surface area contributed by atoms with E-state index in [2.05, 4.69) is 15.6 Å². The van der Waals surface area contributed by atoms with E-state index in [1.807, 2.05) is 0 Å². The lowest BCUT2D eigenvalue weighted by molar-refractivity contribution is -0.139. The molecule has 0 saturated carbocycles.